The molecule has 5 nitrogen and oxygen atoms in total. The number of nitrogens with zero attached hydrogens (tertiary/aromatic N) is 5. The second-order valence-electron chi connectivity index (χ2n) is 14.1. The molecule has 0 fully saturated rings. The van der Waals surface area contributed by atoms with Crippen molar-refractivity contribution in [3.63, 3.8) is 0 Å². The summed E-state index contributed by atoms with van der Waals surface area (Å²) in [6, 6.07) is 70.4. The van der Waals surface area contributed by atoms with E-state index in [0.29, 0.717) is 17.6 Å². The molecule has 0 spiro atoms. The van der Waals surface area contributed by atoms with E-state index in [1.165, 1.54) is 16.5 Å². The van der Waals surface area contributed by atoms with Crippen molar-refractivity contribution < 1.29 is 0 Å². The molecule has 0 saturated heterocycles. The highest BCUT2D eigenvalue weighted by atomic mass is 15.2. The molecule has 262 valence electrons. The maximum absolute atomic E-state index is 5.28. The van der Waals surface area contributed by atoms with Crippen molar-refractivity contribution in [1.29, 1.82) is 0 Å². The topological polar surface area (TPSA) is 48.5 Å². The van der Waals surface area contributed by atoms with E-state index in [-0.39, 0.29) is 0 Å². The highest BCUT2D eigenvalue weighted by molar-refractivity contribution is 6.19. The third-order valence-electron chi connectivity index (χ3n) is 10.8. The van der Waals surface area contributed by atoms with Crippen molar-refractivity contribution in [2.45, 2.75) is 0 Å². The van der Waals surface area contributed by atoms with Crippen LogP contribution in [-0.4, -0.2) is 24.1 Å². The van der Waals surface area contributed by atoms with Gasteiger partial charge in [-0.25, -0.2) is 4.98 Å². The largest absolute Gasteiger partial charge is 0.309 e. The molecule has 3 heterocycles. The summed E-state index contributed by atoms with van der Waals surface area (Å²) in [4.78, 5) is 15.6. The molecule has 0 aliphatic carbocycles. The molecular formula is C51H33N5. The van der Waals surface area contributed by atoms with Gasteiger partial charge in [0.05, 0.1) is 27.8 Å². The van der Waals surface area contributed by atoms with Crippen LogP contribution < -0.4 is 0 Å². The van der Waals surface area contributed by atoms with E-state index >= 15 is 0 Å². The van der Waals surface area contributed by atoms with Gasteiger partial charge in [-0.2, -0.15) is 9.97 Å². The molecule has 0 N–H and O–H groups in total. The lowest BCUT2D eigenvalue weighted by atomic mass is 10.0. The van der Waals surface area contributed by atoms with Gasteiger partial charge in [0.15, 0.2) is 11.6 Å². The maximum Gasteiger partial charge on any atom is 0.238 e. The van der Waals surface area contributed by atoms with Crippen LogP contribution in [0.3, 0.4) is 0 Å². The lowest BCUT2D eigenvalue weighted by Crippen LogP contribution is -2.06. The van der Waals surface area contributed by atoms with Gasteiger partial charge in [0, 0.05) is 38.2 Å². The van der Waals surface area contributed by atoms with Crippen molar-refractivity contribution in [2.24, 2.45) is 0 Å². The Labute approximate surface area is 323 Å². The van der Waals surface area contributed by atoms with Gasteiger partial charge in [-0.05, 0) is 53.1 Å². The van der Waals surface area contributed by atoms with Crippen molar-refractivity contribution in [1.82, 2.24) is 24.1 Å². The number of aromatic nitrogens is 5. The molecule has 56 heavy (non-hydrogen) atoms. The molecule has 11 rings (SSSR count). The predicted octanol–water partition coefficient (Wildman–Crippen LogP) is 12.7. The second kappa shape index (κ2) is 13.0. The first kappa shape index (κ1) is 31.9. The Kier molecular flexibility index (Phi) is 7.42. The molecule has 0 bridgehead atoms. The first-order valence-corrected chi connectivity index (χ1v) is 18.9. The summed E-state index contributed by atoms with van der Waals surface area (Å²) < 4.78 is 4.64. The van der Waals surface area contributed by atoms with Crippen molar-refractivity contribution >= 4 is 43.6 Å². The Balaban J connectivity index is 1.19. The Hall–Kier alpha value is -7.63. The maximum atomic E-state index is 5.28. The fourth-order valence-corrected chi connectivity index (χ4v) is 8.21. The molecule has 0 unspecified atom stereocenters. The predicted molar refractivity (Wildman–Crippen MR) is 230 cm³/mol. The summed E-state index contributed by atoms with van der Waals surface area (Å²) >= 11 is 0. The summed E-state index contributed by atoms with van der Waals surface area (Å²) in [5.74, 6) is 1.81. The van der Waals surface area contributed by atoms with Gasteiger partial charge in [-0.1, -0.05) is 164 Å². The van der Waals surface area contributed by atoms with E-state index in [2.05, 4.69) is 185 Å². The fraction of sp³-hybridized carbons (Fsp3) is 0. The van der Waals surface area contributed by atoms with Gasteiger partial charge in [-0.15, -0.1) is 0 Å². The third-order valence-corrected chi connectivity index (χ3v) is 10.8. The van der Waals surface area contributed by atoms with E-state index in [1.807, 2.05) is 24.3 Å². The highest BCUT2D eigenvalue weighted by Crippen LogP contribution is 2.41. The molecule has 0 aliphatic rings. The monoisotopic (exact) mass is 715 g/mol. The van der Waals surface area contributed by atoms with Crippen LogP contribution >= 0.6 is 0 Å². The number of rotatable bonds is 6. The molecule has 0 amide bonds. The zero-order valence-corrected chi connectivity index (χ0v) is 30.3. The molecule has 0 saturated carbocycles. The molecule has 11 aromatic rings. The first-order valence-electron chi connectivity index (χ1n) is 18.9. The zero-order valence-electron chi connectivity index (χ0n) is 30.3. The van der Waals surface area contributed by atoms with Gasteiger partial charge in [-0.3, -0.25) is 4.57 Å². The van der Waals surface area contributed by atoms with E-state index in [0.717, 1.165) is 66.2 Å². The second-order valence-corrected chi connectivity index (χ2v) is 14.1. The Morgan fingerprint density at radius 2 is 0.768 bits per heavy atom. The minimum atomic E-state index is 0.572. The van der Waals surface area contributed by atoms with Crippen LogP contribution in [0.4, 0.5) is 0 Å². The van der Waals surface area contributed by atoms with E-state index < -0.39 is 0 Å². The van der Waals surface area contributed by atoms with Crippen LogP contribution in [-0.2, 0) is 0 Å². The number of para-hydroxylation sites is 3. The summed E-state index contributed by atoms with van der Waals surface area (Å²) in [6.45, 7) is 0. The Morgan fingerprint density at radius 1 is 0.286 bits per heavy atom. The molecule has 0 aliphatic heterocycles. The van der Waals surface area contributed by atoms with Crippen LogP contribution in [0.2, 0.25) is 0 Å². The zero-order chi connectivity index (χ0) is 37.0. The molecule has 0 atom stereocenters. The van der Waals surface area contributed by atoms with Gasteiger partial charge < -0.3 is 4.57 Å². The minimum absolute atomic E-state index is 0.572. The number of fused-ring (bicyclic) bond motifs is 6. The average molecular weight is 716 g/mol. The molecule has 5 heteroatoms. The fourth-order valence-electron chi connectivity index (χ4n) is 8.21. The van der Waals surface area contributed by atoms with Crippen molar-refractivity contribution in [2.75, 3.05) is 0 Å². The van der Waals surface area contributed by atoms with Gasteiger partial charge in [0.2, 0.25) is 5.95 Å². The van der Waals surface area contributed by atoms with Crippen molar-refractivity contribution in [3.8, 4) is 56.7 Å². The number of hydrogen-bond acceptors (Lipinski definition) is 3. The average Bonchev–Trinajstić information content (AvgIpc) is 3.78. The number of benzene rings is 8. The lowest BCUT2D eigenvalue weighted by Gasteiger charge is -2.14. The Morgan fingerprint density at radius 3 is 1.45 bits per heavy atom. The Bertz CT molecular complexity index is 3240. The standard InChI is InChI=1S/C51H33N5/c1-4-17-34(18-5-1)37-23-16-24-38(31-37)50-52-49(36-21-8-3-9-22-36)53-51(54-50)56-46-30-15-12-27-41(46)43-32-47-42(33-48(43)56)40-26-11-14-29-45(40)55(47)44-28-13-10-25-39(44)35-19-6-2-7-20-35/h1-33H. The van der Waals surface area contributed by atoms with Crippen LogP contribution in [0.15, 0.2) is 200 Å². The highest BCUT2D eigenvalue weighted by Gasteiger charge is 2.22. The van der Waals surface area contributed by atoms with Crippen LogP contribution in [0.1, 0.15) is 0 Å². The first-order chi connectivity index (χ1) is 27.8. The SMILES string of the molecule is c1ccc(-c2cccc(-c3nc(-c4ccccc4)nc(-n4c5ccccc5c5cc6c(cc54)c4ccccc4n6-c4ccccc4-c4ccccc4)n3)c2)cc1. The third kappa shape index (κ3) is 5.21. The van der Waals surface area contributed by atoms with E-state index in [1.54, 1.807) is 0 Å². The molecular weight excluding hydrogens is 683 g/mol. The summed E-state index contributed by atoms with van der Waals surface area (Å²) in [5.41, 5.74) is 12.0. The van der Waals surface area contributed by atoms with Crippen LogP contribution in [0, 0.1) is 0 Å². The van der Waals surface area contributed by atoms with E-state index in [9.17, 15) is 0 Å². The van der Waals surface area contributed by atoms with E-state index in [4.69, 9.17) is 15.0 Å². The summed E-state index contributed by atoms with van der Waals surface area (Å²) in [5, 5.41) is 4.60. The minimum Gasteiger partial charge on any atom is -0.309 e. The number of hydrogen-bond donors (Lipinski definition) is 0. The molecule has 3 aromatic heterocycles. The summed E-state index contributed by atoms with van der Waals surface area (Å²) in [6.07, 6.45) is 0. The van der Waals surface area contributed by atoms with Crippen LogP contribution in [0.5, 0.6) is 0 Å². The molecule has 8 aromatic carbocycles. The normalized spacial score (nSPS) is 11.6. The smallest absolute Gasteiger partial charge is 0.238 e. The quantitative estimate of drug-likeness (QED) is 0.172. The van der Waals surface area contributed by atoms with Crippen molar-refractivity contribution in [3.05, 3.63) is 200 Å². The van der Waals surface area contributed by atoms with Gasteiger partial charge in [0.1, 0.15) is 0 Å². The van der Waals surface area contributed by atoms with Crippen LogP contribution in [0.25, 0.3) is 100 Å². The lowest BCUT2D eigenvalue weighted by molar-refractivity contribution is 0.954. The molecule has 0 radical (unpaired) electrons. The van der Waals surface area contributed by atoms with Gasteiger partial charge in [0.25, 0.3) is 0 Å². The van der Waals surface area contributed by atoms with Gasteiger partial charge >= 0.3 is 0 Å². The summed E-state index contributed by atoms with van der Waals surface area (Å²) in [7, 11) is 0.